The first-order valence-electron chi connectivity index (χ1n) is 3.65. The zero-order valence-corrected chi connectivity index (χ0v) is 9.09. The van der Waals surface area contributed by atoms with Crippen molar-refractivity contribution in [2.75, 3.05) is 6.66 Å². The predicted octanol–water partition coefficient (Wildman–Crippen LogP) is 3.79. The summed E-state index contributed by atoms with van der Waals surface area (Å²) in [7, 11) is -0.452. The van der Waals surface area contributed by atoms with Crippen LogP contribution in [0.5, 0.6) is 0 Å². The Hall–Kier alpha value is -0.100. The molecular weight excluding hydrogens is 207 g/mol. The molecule has 1 aromatic heterocycles. The summed E-state index contributed by atoms with van der Waals surface area (Å²) < 4.78 is 2.65. The monoisotopic (exact) mass is 214 g/mol. The van der Waals surface area contributed by atoms with E-state index >= 15 is 0 Å². The topological polar surface area (TPSA) is 0 Å². The van der Waals surface area contributed by atoms with E-state index in [0.29, 0.717) is 0 Å². The highest BCUT2D eigenvalue weighted by atomic mass is 35.7. The zero-order valence-electron chi connectivity index (χ0n) is 6.62. The van der Waals surface area contributed by atoms with Gasteiger partial charge in [0.05, 0.1) is 0 Å². The fourth-order valence-electron chi connectivity index (χ4n) is 1.12. The Bertz CT molecular complexity index is 361. The van der Waals surface area contributed by atoms with Gasteiger partial charge in [0, 0.05) is 16.6 Å². The number of benzene rings is 1. The van der Waals surface area contributed by atoms with Gasteiger partial charge in [0.25, 0.3) is 0 Å². The summed E-state index contributed by atoms with van der Waals surface area (Å²) in [5, 5.41) is 1.31. The third kappa shape index (κ3) is 1.50. The number of thiophene rings is 1. The Morgan fingerprint density at radius 2 is 2.08 bits per heavy atom. The molecule has 0 saturated heterocycles. The van der Waals surface area contributed by atoms with E-state index in [1.807, 2.05) is 0 Å². The highest BCUT2D eigenvalue weighted by Gasteiger charge is 2.05. The number of halogens is 1. The molecule has 1 unspecified atom stereocenters. The normalized spacial score (nSPS) is 13.5. The quantitative estimate of drug-likeness (QED) is 0.634. The third-order valence-electron chi connectivity index (χ3n) is 1.72. The highest BCUT2D eigenvalue weighted by molar-refractivity contribution is 7.92. The van der Waals surface area contributed by atoms with E-state index in [2.05, 4.69) is 37.0 Å². The molecule has 1 atom stereocenters. The van der Waals surface area contributed by atoms with Crippen molar-refractivity contribution in [1.82, 2.24) is 0 Å². The standard InChI is InChI=1S/C9H8ClPS/c1-11(10)9-6-7-4-2-3-5-8(7)12-9/h2-6H,1H3. The molecule has 12 heavy (non-hydrogen) atoms. The summed E-state index contributed by atoms with van der Waals surface area (Å²) in [5.41, 5.74) is 0. The van der Waals surface area contributed by atoms with Crippen molar-refractivity contribution in [3.8, 4) is 0 Å². The smallest absolute Gasteiger partial charge is 0.0444 e. The molecule has 2 rings (SSSR count). The lowest BCUT2D eigenvalue weighted by Gasteiger charge is -1.93. The fourth-order valence-corrected chi connectivity index (χ4v) is 3.49. The van der Waals surface area contributed by atoms with Crippen molar-refractivity contribution >= 4 is 44.6 Å². The van der Waals surface area contributed by atoms with Gasteiger partial charge in [-0.05, 0) is 24.2 Å². The molecule has 2 aromatic rings. The molecule has 0 spiro atoms. The Labute approximate surface area is 81.7 Å². The average molecular weight is 215 g/mol. The largest absolute Gasteiger partial charge is 0.134 e. The molecule has 1 aromatic carbocycles. The summed E-state index contributed by atoms with van der Waals surface area (Å²) in [6.07, 6.45) is 0. The van der Waals surface area contributed by atoms with Gasteiger partial charge < -0.3 is 0 Å². The van der Waals surface area contributed by atoms with Crippen LogP contribution >= 0.6 is 29.9 Å². The average Bonchev–Trinajstić information content (AvgIpc) is 2.46. The summed E-state index contributed by atoms with van der Waals surface area (Å²) in [6, 6.07) is 10.6. The van der Waals surface area contributed by atoms with Gasteiger partial charge >= 0.3 is 0 Å². The predicted molar refractivity (Wildman–Crippen MR) is 60.2 cm³/mol. The molecule has 0 aliphatic rings. The lowest BCUT2D eigenvalue weighted by Crippen LogP contribution is -1.83. The highest BCUT2D eigenvalue weighted by Crippen LogP contribution is 2.39. The number of hydrogen-bond donors (Lipinski definition) is 0. The van der Waals surface area contributed by atoms with E-state index in [-0.39, 0.29) is 0 Å². The molecule has 0 aliphatic carbocycles. The Balaban J connectivity index is 2.62. The first kappa shape index (κ1) is 8.50. The fraction of sp³-hybridized carbons (Fsp3) is 0.111. The Morgan fingerprint density at radius 3 is 2.75 bits per heavy atom. The summed E-state index contributed by atoms with van der Waals surface area (Å²) in [6.45, 7) is 2.07. The molecule has 0 amide bonds. The Morgan fingerprint density at radius 1 is 1.33 bits per heavy atom. The van der Waals surface area contributed by atoms with E-state index in [1.54, 1.807) is 11.3 Å². The maximum atomic E-state index is 6.05. The van der Waals surface area contributed by atoms with Crippen molar-refractivity contribution in [2.45, 2.75) is 0 Å². The molecule has 62 valence electrons. The number of hydrogen-bond acceptors (Lipinski definition) is 1. The Kier molecular flexibility index (Phi) is 2.36. The van der Waals surface area contributed by atoms with Gasteiger partial charge in [-0.15, -0.1) is 11.3 Å². The van der Waals surface area contributed by atoms with Crippen molar-refractivity contribution in [1.29, 1.82) is 0 Å². The van der Waals surface area contributed by atoms with Crippen LogP contribution in [0.2, 0.25) is 0 Å². The van der Waals surface area contributed by atoms with E-state index in [0.717, 1.165) is 0 Å². The van der Waals surface area contributed by atoms with Gasteiger partial charge in [0.15, 0.2) is 0 Å². The molecular formula is C9H8ClPS. The van der Waals surface area contributed by atoms with E-state index in [9.17, 15) is 0 Å². The van der Waals surface area contributed by atoms with Crippen LogP contribution in [0.1, 0.15) is 0 Å². The first-order valence-corrected chi connectivity index (χ1v) is 7.16. The second-order valence-corrected chi connectivity index (χ2v) is 6.94. The lowest BCUT2D eigenvalue weighted by molar-refractivity contribution is 1.86. The molecule has 0 fully saturated rings. The van der Waals surface area contributed by atoms with Gasteiger partial charge in [0.1, 0.15) is 0 Å². The first-order chi connectivity index (χ1) is 5.77. The third-order valence-corrected chi connectivity index (χ3v) is 5.31. The lowest BCUT2D eigenvalue weighted by atomic mass is 10.3. The minimum atomic E-state index is -0.452. The van der Waals surface area contributed by atoms with Crippen molar-refractivity contribution < 1.29 is 0 Å². The second kappa shape index (κ2) is 3.33. The van der Waals surface area contributed by atoms with Crippen LogP contribution in [0.25, 0.3) is 10.1 Å². The van der Waals surface area contributed by atoms with Crippen LogP contribution in [-0.2, 0) is 0 Å². The van der Waals surface area contributed by atoms with Crippen LogP contribution in [0.4, 0.5) is 0 Å². The van der Waals surface area contributed by atoms with Crippen LogP contribution in [-0.4, -0.2) is 6.66 Å². The molecule has 3 heteroatoms. The molecule has 0 radical (unpaired) electrons. The number of rotatable bonds is 1. The summed E-state index contributed by atoms with van der Waals surface area (Å²) >= 11 is 7.85. The van der Waals surface area contributed by atoms with Crippen LogP contribution < -0.4 is 4.62 Å². The van der Waals surface area contributed by atoms with Crippen LogP contribution in [0.3, 0.4) is 0 Å². The SMILES string of the molecule is CP(Cl)c1cc2ccccc2s1. The summed E-state index contributed by atoms with van der Waals surface area (Å²) in [4.78, 5) is 0. The molecule has 0 bridgehead atoms. The van der Waals surface area contributed by atoms with Crippen LogP contribution in [0.15, 0.2) is 30.3 Å². The maximum absolute atomic E-state index is 6.05. The minimum absolute atomic E-state index is 0.452. The van der Waals surface area contributed by atoms with Gasteiger partial charge in [-0.1, -0.05) is 29.4 Å². The second-order valence-electron chi connectivity index (χ2n) is 2.60. The summed E-state index contributed by atoms with van der Waals surface area (Å²) in [5.74, 6) is 0. The van der Waals surface area contributed by atoms with E-state index in [1.165, 1.54) is 14.7 Å². The van der Waals surface area contributed by atoms with Crippen molar-refractivity contribution in [3.63, 3.8) is 0 Å². The molecule has 1 heterocycles. The van der Waals surface area contributed by atoms with Gasteiger partial charge in [-0.2, -0.15) is 0 Å². The van der Waals surface area contributed by atoms with E-state index in [4.69, 9.17) is 11.2 Å². The molecule has 0 aliphatic heterocycles. The van der Waals surface area contributed by atoms with Crippen molar-refractivity contribution in [2.24, 2.45) is 0 Å². The van der Waals surface area contributed by atoms with E-state index < -0.39 is 7.27 Å². The van der Waals surface area contributed by atoms with Gasteiger partial charge in [-0.25, -0.2) is 0 Å². The minimum Gasteiger partial charge on any atom is -0.134 e. The zero-order chi connectivity index (χ0) is 8.55. The molecule has 0 saturated carbocycles. The van der Waals surface area contributed by atoms with Gasteiger partial charge in [0.2, 0.25) is 0 Å². The van der Waals surface area contributed by atoms with Crippen molar-refractivity contribution in [3.05, 3.63) is 30.3 Å². The van der Waals surface area contributed by atoms with Gasteiger partial charge in [-0.3, -0.25) is 0 Å². The van der Waals surface area contributed by atoms with Crippen LogP contribution in [0, 0.1) is 0 Å². The number of fused-ring (bicyclic) bond motifs is 1. The molecule has 0 nitrogen and oxygen atoms in total. The maximum Gasteiger partial charge on any atom is 0.0444 e. The molecule has 0 N–H and O–H groups in total.